The molecule has 0 radical (unpaired) electrons. The normalized spacial score (nSPS) is 28.3. The Hall–Kier alpha value is -2.82. The number of amides is 1. The number of aliphatic carboxylic acids is 1. The van der Waals surface area contributed by atoms with Crippen LogP contribution in [0.1, 0.15) is 49.7 Å². The van der Waals surface area contributed by atoms with E-state index in [2.05, 4.69) is 17.4 Å². The highest BCUT2D eigenvalue weighted by atomic mass is 16.5. The van der Waals surface area contributed by atoms with Gasteiger partial charge in [0.25, 0.3) is 5.91 Å². The summed E-state index contributed by atoms with van der Waals surface area (Å²) < 4.78 is 5.70. The first-order chi connectivity index (χ1) is 15.0. The minimum atomic E-state index is -0.899. The van der Waals surface area contributed by atoms with E-state index in [0.717, 1.165) is 17.8 Å². The van der Waals surface area contributed by atoms with Crippen LogP contribution in [0, 0.1) is 17.8 Å². The van der Waals surface area contributed by atoms with Gasteiger partial charge in [0.05, 0.1) is 6.42 Å². The van der Waals surface area contributed by atoms with Gasteiger partial charge in [-0.05, 0) is 97.1 Å². The minimum absolute atomic E-state index is 0.0731. The van der Waals surface area contributed by atoms with Gasteiger partial charge in [0.2, 0.25) is 0 Å². The van der Waals surface area contributed by atoms with Gasteiger partial charge in [-0.2, -0.15) is 0 Å². The molecule has 2 aromatic rings. The maximum absolute atomic E-state index is 12.3. The number of carboxylic acids is 1. The average molecular weight is 420 g/mol. The number of benzene rings is 2. The third-order valence-corrected chi connectivity index (χ3v) is 7.44. The van der Waals surface area contributed by atoms with E-state index in [1.54, 1.807) is 24.3 Å². The third-order valence-electron chi connectivity index (χ3n) is 7.44. The van der Waals surface area contributed by atoms with Crippen LogP contribution in [0.15, 0.2) is 48.5 Å². The Balaban J connectivity index is 1.17. The van der Waals surface area contributed by atoms with E-state index < -0.39 is 5.97 Å². The average Bonchev–Trinajstić information content (AvgIpc) is 2.71. The van der Waals surface area contributed by atoms with Crippen LogP contribution in [-0.4, -0.2) is 23.6 Å². The molecule has 0 aliphatic heterocycles. The summed E-state index contributed by atoms with van der Waals surface area (Å²) in [6.07, 6.45) is 8.25. The Bertz CT molecular complexity index is 946. The number of carbonyl (C=O) groups is 2. The predicted octanol–water partition coefficient (Wildman–Crippen LogP) is 4.80. The van der Waals surface area contributed by atoms with Crippen molar-refractivity contribution in [2.45, 2.75) is 50.4 Å². The fourth-order valence-corrected chi connectivity index (χ4v) is 6.65. The van der Waals surface area contributed by atoms with Gasteiger partial charge in [0, 0.05) is 5.69 Å². The number of hydrogen-bond acceptors (Lipinski definition) is 3. The van der Waals surface area contributed by atoms with E-state index in [-0.39, 0.29) is 18.9 Å². The highest BCUT2D eigenvalue weighted by Crippen LogP contribution is 2.60. The standard InChI is InChI=1S/C26H29NO4/c28-24(27-22-3-1-2-17(11-22)12-25(29)30)16-31-23-6-4-21(5-7-23)26-13-18-8-19(14-26)10-20(9-18)15-26/h1-7,11,18-20H,8-10,12-16H2,(H,27,28)(H,29,30). The van der Waals surface area contributed by atoms with E-state index >= 15 is 0 Å². The van der Waals surface area contributed by atoms with E-state index in [1.165, 1.54) is 44.1 Å². The number of hydrogen-bond donors (Lipinski definition) is 2. The lowest BCUT2D eigenvalue weighted by atomic mass is 9.48. The Morgan fingerprint density at radius 2 is 1.61 bits per heavy atom. The van der Waals surface area contributed by atoms with Gasteiger partial charge in [-0.3, -0.25) is 9.59 Å². The molecule has 162 valence electrons. The molecule has 4 fully saturated rings. The van der Waals surface area contributed by atoms with Crippen LogP contribution in [0.5, 0.6) is 5.75 Å². The number of nitrogens with one attached hydrogen (secondary N) is 1. The lowest BCUT2D eigenvalue weighted by Crippen LogP contribution is -2.48. The molecular weight excluding hydrogens is 390 g/mol. The summed E-state index contributed by atoms with van der Waals surface area (Å²) >= 11 is 0. The Kier molecular flexibility index (Phi) is 5.20. The van der Waals surface area contributed by atoms with Crippen LogP contribution >= 0.6 is 0 Å². The molecule has 4 saturated carbocycles. The molecule has 5 heteroatoms. The second-order valence-electron chi connectivity index (χ2n) is 9.83. The molecule has 2 aromatic carbocycles. The van der Waals surface area contributed by atoms with Crippen LogP contribution in [0.4, 0.5) is 5.69 Å². The zero-order valence-corrected chi connectivity index (χ0v) is 17.7. The van der Waals surface area contributed by atoms with Crippen molar-refractivity contribution in [1.82, 2.24) is 0 Å². The molecule has 5 nitrogen and oxygen atoms in total. The van der Waals surface area contributed by atoms with E-state index in [9.17, 15) is 9.59 Å². The zero-order chi connectivity index (χ0) is 21.4. The molecule has 1 amide bonds. The van der Waals surface area contributed by atoms with Crippen LogP contribution in [0.3, 0.4) is 0 Å². The van der Waals surface area contributed by atoms with Crippen molar-refractivity contribution in [2.24, 2.45) is 17.8 Å². The number of rotatable bonds is 7. The molecule has 4 aliphatic carbocycles. The van der Waals surface area contributed by atoms with Crippen LogP contribution in [0.2, 0.25) is 0 Å². The Morgan fingerprint density at radius 1 is 0.968 bits per heavy atom. The second-order valence-corrected chi connectivity index (χ2v) is 9.83. The molecule has 6 rings (SSSR count). The molecule has 0 spiro atoms. The quantitative estimate of drug-likeness (QED) is 0.676. The highest BCUT2D eigenvalue weighted by Gasteiger charge is 2.51. The first-order valence-corrected chi connectivity index (χ1v) is 11.3. The van der Waals surface area contributed by atoms with Gasteiger partial charge in [0.1, 0.15) is 5.75 Å². The fourth-order valence-electron chi connectivity index (χ4n) is 6.65. The van der Waals surface area contributed by atoms with Gasteiger partial charge < -0.3 is 15.2 Å². The Labute approximate surface area is 182 Å². The van der Waals surface area contributed by atoms with E-state index in [0.29, 0.717) is 22.4 Å². The van der Waals surface area contributed by atoms with Crippen molar-refractivity contribution in [1.29, 1.82) is 0 Å². The van der Waals surface area contributed by atoms with Crippen molar-refractivity contribution in [3.05, 3.63) is 59.7 Å². The van der Waals surface area contributed by atoms with Crippen molar-refractivity contribution >= 4 is 17.6 Å². The lowest BCUT2D eigenvalue weighted by Gasteiger charge is -2.57. The van der Waals surface area contributed by atoms with Gasteiger partial charge in [-0.25, -0.2) is 0 Å². The zero-order valence-electron chi connectivity index (χ0n) is 17.7. The molecule has 0 aromatic heterocycles. The highest BCUT2D eigenvalue weighted by molar-refractivity contribution is 5.92. The molecule has 31 heavy (non-hydrogen) atoms. The molecule has 2 N–H and O–H groups in total. The lowest BCUT2D eigenvalue weighted by molar-refractivity contribution is -0.136. The first kappa shape index (κ1) is 20.1. The summed E-state index contributed by atoms with van der Waals surface area (Å²) in [5, 5.41) is 11.7. The van der Waals surface area contributed by atoms with Crippen LogP contribution in [0.25, 0.3) is 0 Å². The van der Waals surface area contributed by atoms with Gasteiger partial charge in [-0.1, -0.05) is 24.3 Å². The van der Waals surface area contributed by atoms with Crippen LogP contribution < -0.4 is 10.1 Å². The molecule has 0 saturated heterocycles. The number of carboxylic acid groups (broad SMARTS) is 1. The van der Waals surface area contributed by atoms with E-state index in [1.807, 2.05) is 12.1 Å². The molecular formula is C26H29NO4. The molecule has 4 bridgehead atoms. The van der Waals surface area contributed by atoms with Gasteiger partial charge in [0.15, 0.2) is 6.61 Å². The number of anilines is 1. The summed E-state index contributed by atoms with van der Waals surface area (Å²) in [4.78, 5) is 23.1. The van der Waals surface area contributed by atoms with Gasteiger partial charge in [-0.15, -0.1) is 0 Å². The summed E-state index contributed by atoms with van der Waals surface area (Å²) in [6, 6.07) is 15.3. The first-order valence-electron chi connectivity index (χ1n) is 11.3. The van der Waals surface area contributed by atoms with Crippen molar-refractivity contribution in [3.8, 4) is 5.75 Å². The predicted molar refractivity (Wildman–Crippen MR) is 118 cm³/mol. The maximum Gasteiger partial charge on any atom is 0.307 e. The molecule has 0 heterocycles. The van der Waals surface area contributed by atoms with Crippen LogP contribution in [-0.2, 0) is 21.4 Å². The fraction of sp³-hybridized carbons (Fsp3) is 0.462. The molecule has 4 aliphatic rings. The summed E-state index contributed by atoms with van der Waals surface area (Å²) in [6.45, 7) is -0.0835. The maximum atomic E-state index is 12.3. The van der Waals surface area contributed by atoms with Crippen molar-refractivity contribution in [2.75, 3.05) is 11.9 Å². The number of carbonyl (C=O) groups excluding carboxylic acids is 1. The monoisotopic (exact) mass is 419 g/mol. The van der Waals surface area contributed by atoms with E-state index in [4.69, 9.17) is 9.84 Å². The smallest absolute Gasteiger partial charge is 0.307 e. The topological polar surface area (TPSA) is 75.6 Å². The van der Waals surface area contributed by atoms with Crippen molar-refractivity contribution < 1.29 is 19.4 Å². The summed E-state index contributed by atoms with van der Waals surface area (Å²) in [5.74, 6) is 2.28. The SMILES string of the molecule is O=C(O)Cc1cccc(NC(=O)COc2ccc(C34CC5CC(CC(C5)C3)C4)cc2)c1. The van der Waals surface area contributed by atoms with Crippen molar-refractivity contribution in [3.63, 3.8) is 0 Å². The second kappa shape index (κ2) is 8.03. The third kappa shape index (κ3) is 4.32. The largest absolute Gasteiger partial charge is 0.484 e. The molecule has 0 atom stereocenters. The Morgan fingerprint density at radius 3 is 2.23 bits per heavy atom. The summed E-state index contributed by atoms with van der Waals surface area (Å²) in [5.41, 5.74) is 3.03. The van der Waals surface area contributed by atoms with Gasteiger partial charge >= 0.3 is 5.97 Å². The molecule has 0 unspecified atom stereocenters. The minimum Gasteiger partial charge on any atom is -0.484 e. The summed E-state index contributed by atoms with van der Waals surface area (Å²) in [7, 11) is 0. The number of ether oxygens (including phenoxy) is 1.